The van der Waals surface area contributed by atoms with Crippen LogP contribution in [0.3, 0.4) is 0 Å². The van der Waals surface area contributed by atoms with E-state index >= 15 is 0 Å². The number of amides is 1. The molecule has 0 bridgehead atoms. The maximum atomic E-state index is 13.2. The lowest BCUT2D eigenvalue weighted by Gasteiger charge is -2.24. The first-order chi connectivity index (χ1) is 28.5. The van der Waals surface area contributed by atoms with Crippen LogP contribution in [0.25, 0.3) is 0 Å². The first kappa shape index (κ1) is 56.3. The summed E-state index contributed by atoms with van der Waals surface area (Å²) in [5.41, 5.74) is 0. The fraction of sp³-hybridized carbons (Fsp3) is 0.885. The molecule has 6 heteroatoms. The molecule has 0 spiro atoms. The summed E-state index contributed by atoms with van der Waals surface area (Å²) in [5.74, 6) is -0.508. The topological polar surface area (TPSA) is 95.9 Å². The van der Waals surface area contributed by atoms with Gasteiger partial charge in [-0.15, -0.1) is 0 Å². The largest absolute Gasteiger partial charge is 0.462 e. The molecule has 3 N–H and O–H groups in total. The number of unbranched alkanes of at least 4 members (excludes halogenated alkanes) is 31. The predicted octanol–water partition coefficient (Wildman–Crippen LogP) is 15.1. The van der Waals surface area contributed by atoms with Gasteiger partial charge in [0.25, 0.3) is 0 Å². The molecule has 3 unspecified atom stereocenters. The number of ether oxygens (including phenoxy) is 1. The third-order valence-corrected chi connectivity index (χ3v) is 11.8. The number of rotatable bonds is 46. The van der Waals surface area contributed by atoms with Gasteiger partial charge in [0, 0.05) is 6.42 Å². The molecule has 0 aliphatic rings. The Morgan fingerprint density at radius 2 is 0.879 bits per heavy atom. The van der Waals surface area contributed by atoms with Gasteiger partial charge < -0.3 is 20.3 Å². The smallest absolute Gasteiger partial charge is 0.306 e. The molecule has 6 nitrogen and oxygen atoms in total. The zero-order chi connectivity index (χ0) is 42.4. The zero-order valence-electron chi connectivity index (χ0n) is 38.9. The van der Waals surface area contributed by atoms with Crippen molar-refractivity contribution in [2.45, 2.75) is 289 Å². The van der Waals surface area contributed by atoms with Crippen molar-refractivity contribution in [1.29, 1.82) is 0 Å². The van der Waals surface area contributed by atoms with Gasteiger partial charge in [0.05, 0.1) is 25.2 Å². The highest BCUT2D eigenvalue weighted by molar-refractivity contribution is 5.77. The van der Waals surface area contributed by atoms with Crippen molar-refractivity contribution in [2.75, 3.05) is 6.61 Å². The Morgan fingerprint density at radius 1 is 0.500 bits per heavy atom. The second-order valence-electron chi connectivity index (χ2n) is 17.6. The van der Waals surface area contributed by atoms with Crippen LogP contribution in [0.4, 0.5) is 0 Å². The number of esters is 1. The molecule has 1 amide bonds. The number of carbonyl (C=O) groups excluding carboxylic acids is 2. The van der Waals surface area contributed by atoms with E-state index in [9.17, 15) is 19.8 Å². The molecule has 342 valence electrons. The Balaban J connectivity index is 4.62. The van der Waals surface area contributed by atoms with Gasteiger partial charge in [0.1, 0.15) is 6.10 Å². The van der Waals surface area contributed by atoms with Crippen LogP contribution in [0.5, 0.6) is 0 Å². The molecule has 0 saturated heterocycles. The highest BCUT2D eigenvalue weighted by Crippen LogP contribution is 2.17. The molecule has 0 saturated carbocycles. The van der Waals surface area contributed by atoms with Crippen LogP contribution in [0.1, 0.15) is 271 Å². The molecule has 58 heavy (non-hydrogen) atoms. The van der Waals surface area contributed by atoms with Crippen molar-refractivity contribution in [2.24, 2.45) is 0 Å². The number of carbonyl (C=O) groups is 2. The first-order valence-electron chi connectivity index (χ1n) is 25.6. The molecule has 0 aromatic rings. The average Bonchev–Trinajstić information content (AvgIpc) is 3.22. The van der Waals surface area contributed by atoms with E-state index < -0.39 is 18.2 Å². The van der Waals surface area contributed by atoms with E-state index in [0.29, 0.717) is 19.3 Å². The first-order valence-corrected chi connectivity index (χ1v) is 25.6. The SMILES string of the molecule is CCCCCCCCC/C=C/C=C/CCCC(CC(=O)NC(CO)C(O)CCCCCCCCCCCCCC)OC(=O)CCCCCCCCCCCCCCC. The van der Waals surface area contributed by atoms with E-state index in [2.05, 4.69) is 50.4 Å². The minimum absolute atomic E-state index is 0.0498. The molecule has 0 fully saturated rings. The van der Waals surface area contributed by atoms with E-state index in [1.54, 1.807) is 0 Å². The Kier molecular flexibility index (Phi) is 45.1. The van der Waals surface area contributed by atoms with Gasteiger partial charge in [0.2, 0.25) is 5.91 Å². The van der Waals surface area contributed by atoms with Crippen molar-refractivity contribution in [3.05, 3.63) is 24.3 Å². The number of aliphatic hydroxyl groups excluding tert-OH is 2. The van der Waals surface area contributed by atoms with Crippen molar-refractivity contribution in [3.8, 4) is 0 Å². The van der Waals surface area contributed by atoms with Gasteiger partial charge in [0.15, 0.2) is 0 Å². The third-order valence-electron chi connectivity index (χ3n) is 11.8. The quantitative estimate of drug-likeness (QED) is 0.0323. The van der Waals surface area contributed by atoms with Crippen LogP contribution >= 0.6 is 0 Å². The van der Waals surface area contributed by atoms with E-state index in [1.807, 2.05) is 0 Å². The van der Waals surface area contributed by atoms with Gasteiger partial charge in [-0.05, 0) is 44.9 Å². The van der Waals surface area contributed by atoms with E-state index in [0.717, 1.165) is 57.8 Å². The summed E-state index contributed by atoms with van der Waals surface area (Å²) in [4.78, 5) is 26.1. The molecule has 0 radical (unpaired) electrons. The predicted molar refractivity (Wildman–Crippen MR) is 250 cm³/mol. The van der Waals surface area contributed by atoms with Crippen LogP contribution in [0, 0.1) is 0 Å². The maximum absolute atomic E-state index is 13.2. The van der Waals surface area contributed by atoms with Crippen molar-refractivity contribution in [1.82, 2.24) is 5.32 Å². The summed E-state index contributed by atoms with van der Waals surface area (Å²) in [6.45, 7) is 6.47. The summed E-state index contributed by atoms with van der Waals surface area (Å²) in [6, 6.07) is -0.710. The summed E-state index contributed by atoms with van der Waals surface area (Å²) < 4.78 is 5.90. The van der Waals surface area contributed by atoms with E-state index in [-0.39, 0.29) is 24.9 Å². The van der Waals surface area contributed by atoms with Gasteiger partial charge in [-0.25, -0.2) is 0 Å². The summed E-state index contributed by atoms with van der Waals surface area (Å²) in [7, 11) is 0. The Hall–Kier alpha value is -1.66. The summed E-state index contributed by atoms with van der Waals surface area (Å²) >= 11 is 0. The van der Waals surface area contributed by atoms with Crippen molar-refractivity contribution < 1.29 is 24.5 Å². The molecule has 3 atom stereocenters. The van der Waals surface area contributed by atoms with Crippen LogP contribution in [-0.2, 0) is 14.3 Å². The van der Waals surface area contributed by atoms with E-state index in [4.69, 9.17) is 4.74 Å². The van der Waals surface area contributed by atoms with E-state index in [1.165, 1.54) is 167 Å². The lowest BCUT2D eigenvalue weighted by atomic mass is 10.0. The molecule has 0 rings (SSSR count). The van der Waals surface area contributed by atoms with Crippen molar-refractivity contribution >= 4 is 11.9 Å². The maximum Gasteiger partial charge on any atom is 0.306 e. The molecular weight excluding hydrogens is 719 g/mol. The van der Waals surface area contributed by atoms with Crippen LogP contribution < -0.4 is 5.32 Å². The number of aliphatic hydroxyl groups is 2. The molecule has 0 aliphatic heterocycles. The fourth-order valence-electron chi connectivity index (χ4n) is 7.90. The molecular formula is C52H99NO5. The number of allylic oxidation sites excluding steroid dienone is 4. The standard InChI is InChI=1S/C52H99NO5/c1-4-7-10-13-16-19-22-25-27-28-31-34-37-40-43-48(58-52(57)45-42-39-36-33-30-26-23-20-17-14-11-8-5-2)46-51(56)53-49(47-54)50(55)44-41-38-35-32-29-24-21-18-15-12-9-6-3/h27-28,31,34,48-50,54-55H,4-26,29-30,32-33,35-47H2,1-3H3,(H,53,56)/b28-27+,34-31+. The molecule has 0 aromatic heterocycles. The van der Waals surface area contributed by atoms with Crippen molar-refractivity contribution in [3.63, 3.8) is 0 Å². The molecule has 0 aliphatic carbocycles. The fourth-order valence-corrected chi connectivity index (χ4v) is 7.90. The van der Waals surface area contributed by atoms with Gasteiger partial charge in [-0.1, -0.05) is 238 Å². The lowest BCUT2D eigenvalue weighted by Crippen LogP contribution is -2.46. The normalized spacial score (nSPS) is 13.4. The van der Waals surface area contributed by atoms with Crippen LogP contribution in [0.2, 0.25) is 0 Å². The average molecular weight is 818 g/mol. The third kappa shape index (κ3) is 41.1. The second-order valence-corrected chi connectivity index (χ2v) is 17.6. The molecule has 0 heterocycles. The van der Waals surface area contributed by atoms with Gasteiger partial charge in [-0.3, -0.25) is 9.59 Å². The zero-order valence-corrected chi connectivity index (χ0v) is 38.9. The Labute approximate surface area is 361 Å². The number of hydrogen-bond donors (Lipinski definition) is 3. The minimum Gasteiger partial charge on any atom is -0.462 e. The Morgan fingerprint density at radius 3 is 1.31 bits per heavy atom. The highest BCUT2D eigenvalue weighted by atomic mass is 16.5. The minimum atomic E-state index is -0.794. The number of hydrogen-bond acceptors (Lipinski definition) is 5. The summed E-state index contributed by atoms with van der Waals surface area (Å²) in [6.07, 6.45) is 52.4. The van der Waals surface area contributed by atoms with Crippen LogP contribution in [-0.4, -0.2) is 46.9 Å². The van der Waals surface area contributed by atoms with Crippen LogP contribution in [0.15, 0.2) is 24.3 Å². The summed E-state index contributed by atoms with van der Waals surface area (Å²) in [5, 5.41) is 23.7. The van der Waals surface area contributed by atoms with Gasteiger partial charge in [-0.2, -0.15) is 0 Å². The monoisotopic (exact) mass is 818 g/mol. The lowest BCUT2D eigenvalue weighted by molar-refractivity contribution is -0.151. The highest BCUT2D eigenvalue weighted by Gasteiger charge is 2.24. The number of nitrogens with one attached hydrogen (secondary N) is 1. The Bertz CT molecular complexity index is 919. The second kappa shape index (κ2) is 46.4. The molecule has 0 aromatic carbocycles. The van der Waals surface area contributed by atoms with Gasteiger partial charge >= 0.3 is 5.97 Å².